The highest BCUT2D eigenvalue weighted by Crippen LogP contribution is 2.39. The van der Waals surface area contributed by atoms with Gasteiger partial charge in [0.15, 0.2) is 0 Å². The summed E-state index contributed by atoms with van der Waals surface area (Å²) in [5, 5.41) is 6.42. The Labute approximate surface area is 180 Å². The zero-order chi connectivity index (χ0) is 22.6. The van der Waals surface area contributed by atoms with Crippen molar-refractivity contribution in [2.75, 3.05) is 0 Å². The molecule has 32 heavy (non-hydrogen) atoms. The Bertz CT molecular complexity index is 1820. The van der Waals surface area contributed by atoms with Crippen LogP contribution in [-0.4, -0.2) is 9.13 Å². The molecule has 6 aromatic rings. The summed E-state index contributed by atoms with van der Waals surface area (Å²) in [6.45, 7) is 7.29. The summed E-state index contributed by atoms with van der Waals surface area (Å²) in [5.74, 6) is 0. The summed E-state index contributed by atoms with van der Waals surface area (Å²) in [6.07, 6.45) is 0. The molecule has 4 aromatic carbocycles. The van der Waals surface area contributed by atoms with Crippen molar-refractivity contribution in [1.29, 1.82) is 0 Å². The zero-order valence-electron chi connectivity index (χ0n) is 18.1. The Morgan fingerprint density at radius 2 is 0.875 bits per heavy atom. The van der Waals surface area contributed by atoms with E-state index in [1.807, 2.05) is 52.0 Å². The van der Waals surface area contributed by atoms with Crippen molar-refractivity contribution < 1.29 is 0 Å². The van der Waals surface area contributed by atoms with E-state index in [1.165, 1.54) is 9.13 Å². The number of hydrogen-bond acceptors (Lipinski definition) is 4. The molecule has 0 fully saturated rings. The van der Waals surface area contributed by atoms with Crippen molar-refractivity contribution in [2.45, 2.75) is 39.8 Å². The first-order valence-electron chi connectivity index (χ1n) is 10.8. The topological polar surface area (TPSA) is 78.1 Å². The van der Waals surface area contributed by atoms with Crippen LogP contribution in [0.2, 0.25) is 0 Å². The summed E-state index contributed by atoms with van der Waals surface area (Å²) in [6, 6.07) is 10.5. The van der Waals surface area contributed by atoms with Gasteiger partial charge in [0.1, 0.15) is 0 Å². The second-order valence-corrected chi connectivity index (χ2v) is 9.17. The van der Waals surface area contributed by atoms with E-state index in [0.717, 1.165) is 21.5 Å². The van der Waals surface area contributed by atoms with E-state index in [1.54, 1.807) is 12.1 Å². The summed E-state index contributed by atoms with van der Waals surface area (Å²) >= 11 is 0. The molecular weight excluding hydrogens is 404 g/mol. The van der Waals surface area contributed by atoms with Gasteiger partial charge in [-0.15, -0.1) is 0 Å². The Balaban J connectivity index is 1.93. The average molecular weight is 424 g/mol. The summed E-state index contributed by atoms with van der Waals surface area (Å²) in [7, 11) is 0. The fraction of sp³-hybridized carbons (Fsp3) is 0.231. The molecule has 0 aliphatic heterocycles. The van der Waals surface area contributed by atoms with E-state index in [0.29, 0.717) is 32.3 Å². The minimum Gasteiger partial charge on any atom is -0.272 e. The third-order valence-electron chi connectivity index (χ3n) is 6.70. The SMILES string of the molecule is CC(C)n1c(=O)c2cc3ccc4c5c(=O)n(C(C)C)c(=O)c5cc5ccc(c2c1=O)c3c54. The maximum absolute atomic E-state index is 13.2. The summed E-state index contributed by atoms with van der Waals surface area (Å²) in [4.78, 5) is 52.3. The second kappa shape index (κ2) is 5.91. The zero-order valence-corrected chi connectivity index (χ0v) is 18.1. The number of hydrogen-bond donors (Lipinski definition) is 0. The van der Waals surface area contributed by atoms with Crippen LogP contribution in [0.25, 0.3) is 53.9 Å². The standard InChI is InChI=1S/C26H20N2O4/c1-11(2)27-23(29)17-9-13-6-8-16-20-14(5-7-15(19(13)20)21(17)25(27)31)10-18-22(16)26(32)28(12(3)4)24(18)30/h5-12H,1-4H3. The first-order valence-corrected chi connectivity index (χ1v) is 10.8. The maximum Gasteiger partial charge on any atom is 0.262 e. The average Bonchev–Trinajstić information content (AvgIpc) is 3.15. The predicted molar refractivity (Wildman–Crippen MR) is 129 cm³/mol. The fourth-order valence-corrected chi connectivity index (χ4v) is 5.37. The van der Waals surface area contributed by atoms with Crippen molar-refractivity contribution in [3.8, 4) is 0 Å². The van der Waals surface area contributed by atoms with Gasteiger partial charge in [-0.3, -0.25) is 28.3 Å². The maximum atomic E-state index is 13.2. The minimum absolute atomic E-state index is 0.244. The number of rotatable bonds is 2. The Morgan fingerprint density at radius 1 is 0.500 bits per heavy atom. The summed E-state index contributed by atoms with van der Waals surface area (Å²) < 4.78 is 2.60. The lowest BCUT2D eigenvalue weighted by Gasteiger charge is -2.11. The highest BCUT2D eigenvalue weighted by molar-refractivity contribution is 6.32. The molecule has 6 heteroatoms. The van der Waals surface area contributed by atoms with Crippen LogP contribution in [0.3, 0.4) is 0 Å². The molecule has 0 saturated heterocycles. The van der Waals surface area contributed by atoms with Gasteiger partial charge in [0.25, 0.3) is 22.2 Å². The molecule has 6 rings (SSSR count). The van der Waals surface area contributed by atoms with Crippen LogP contribution in [0, 0.1) is 0 Å². The summed E-state index contributed by atoms with van der Waals surface area (Å²) in [5.41, 5.74) is -1.14. The molecule has 0 bridgehead atoms. The van der Waals surface area contributed by atoms with Crippen molar-refractivity contribution in [3.63, 3.8) is 0 Å². The number of nitrogens with zero attached hydrogens (tertiary/aromatic N) is 2. The first-order chi connectivity index (χ1) is 15.2. The second-order valence-electron chi connectivity index (χ2n) is 9.17. The van der Waals surface area contributed by atoms with Gasteiger partial charge in [-0.2, -0.15) is 0 Å². The van der Waals surface area contributed by atoms with E-state index in [-0.39, 0.29) is 34.3 Å². The normalized spacial score (nSPS) is 12.8. The molecular formula is C26H20N2O4. The number of fused-ring (bicyclic) bond motifs is 4. The molecule has 0 radical (unpaired) electrons. The van der Waals surface area contributed by atoms with Gasteiger partial charge in [0.05, 0.1) is 21.5 Å². The molecule has 0 aliphatic carbocycles. The van der Waals surface area contributed by atoms with Gasteiger partial charge in [-0.05, 0) is 72.1 Å². The van der Waals surface area contributed by atoms with Crippen molar-refractivity contribution in [2.24, 2.45) is 0 Å². The van der Waals surface area contributed by atoms with E-state index in [4.69, 9.17) is 0 Å². The van der Waals surface area contributed by atoms with Crippen LogP contribution in [-0.2, 0) is 0 Å². The lowest BCUT2D eigenvalue weighted by atomic mass is 9.90. The van der Waals surface area contributed by atoms with Crippen LogP contribution in [0.4, 0.5) is 0 Å². The van der Waals surface area contributed by atoms with Crippen LogP contribution in [0.15, 0.2) is 55.6 Å². The molecule has 0 N–H and O–H groups in total. The van der Waals surface area contributed by atoms with Gasteiger partial charge in [0, 0.05) is 12.1 Å². The third kappa shape index (κ3) is 2.04. The van der Waals surface area contributed by atoms with Gasteiger partial charge >= 0.3 is 0 Å². The molecule has 0 amide bonds. The predicted octanol–water partition coefficient (Wildman–Crippen LogP) is 3.97. The Morgan fingerprint density at radius 3 is 1.22 bits per heavy atom. The van der Waals surface area contributed by atoms with E-state index in [2.05, 4.69) is 0 Å². The van der Waals surface area contributed by atoms with Gasteiger partial charge in [0.2, 0.25) is 0 Å². The lowest BCUT2D eigenvalue weighted by Crippen LogP contribution is -2.27. The molecule has 0 aliphatic rings. The first kappa shape index (κ1) is 18.9. The van der Waals surface area contributed by atoms with Crippen molar-refractivity contribution >= 4 is 53.9 Å². The van der Waals surface area contributed by atoms with Crippen LogP contribution < -0.4 is 22.2 Å². The Kier molecular flexibility index (Phi) is 3.50. The van der Waals surface area contributed by atoms with Crippen molar-refractivity contribution in [3.05, 3.63) is 77.8 Å². The fourth-order valence-electron chi connectivity index (χ4n) is 5.37. The van der Waals surface area contributed by atoms with Gasteiger partial charge < -0.3 is 0 Å². The van der Waals surface area contributed by atoms with E-state index >= 15 is 0 Å². The quantitative estimate of drug-likeness (QED) is 0.394. The van der Waals surface area contributed by atoms with Crippen LogP contribution >= 0.6 is 0 Å². The van der Waals surface area contributed by atoms with Crippen LogP contribution in [0.1, 0.15) is 39.8 Å². The molecule has 158 valence electrons. The smallest absolute Gasteiger partial charge is 0.262 e. The molecule has 2 aromatic heterocycles. The lowest BCUT2D eigenvalue weighted by molar-refractivity contribution is 0.574. The monoisotopic (exact) mass is 424 g/mol. The molecule has 0 unspecified atom stereocenters. The largest absolute Gasteiger partial charge is 0.272 e. The third-order valence-corrected chi connectivity index (χ3v) is 6.70. The Hall–Kier alpha value is -3.80. The van der Waals surface area contributed by atoms with Crippen molar-refractivity contribution in [1.82, 2.24) is 9.13 Å². The molecule has 0 saturated carbocycles. The number of aromatic nitrogens is 2. The molecule has 6 nitrogen and oxygen atoms in total. The highest BCUT2D eigenvalue weighted by Gasteiger charge is 2.23. The minimum atomic E-state index is -0.291. The molecule has 2 heterocycles. The highest BCUT2D eigenvalue weighted by atomic mass is 16.2. The molecule has 0 spiro atoms. The van der Waals surface area contributed by atoms with Gasteiger partial charge in [-0.1, -0.05) is 24.3 Å². The van der Waals surface area contributed by atoms with Crippen LogP contribution in [0.5, 0.6) is 0 Å². The molecule has 0 atom stereocenters. The van der Waals surface area contributed by atoms with E-state index < -0.39 is 0 Å². The number of benzene rings is 4. The van der Waals surface area contributed by atoms with Gasteiger partial charge in [-0.25, -0.2) is 0 Å². The van der Waals surface area contributed by atoms with E-state index in [9.17, 15) is 19.2 Å².